The van der Waals surface area contributed by atoms with E-state index in [2.05, 4.69) is 34.6 Å². The van der Waals surface area contributed by atoms with Crippen molar-refractivity contribution in [3.05, 3.63) is 11.6 Å². The highest BCUT2D eigenvalue weighted by atomic mass is 32.3. The molecule has 0 aromatic carbocycles. The lowest BCUT2D eigenvalue weighted by Crippen LogP contribution is -2.33. The minimum atomic E-state index is -0.371. The molecule has 0 atom stereocenters. The molecule has 0 spiro atoms. The van der Waals surface area contributed by atoms with Crippen molar-refractivity contribution in [2.75, 3.05) is 38.4 Å². The van der Waals surface area contributed by atoms with Gasteiger partial charge in [-0.3, -0.25) is 4.48 Å². The minimum absolute atomic E-state index is 0.371. The van der Waals surface area contributed by atoms with E-state index in [1.54, 1.807) is 0 Å². The van der Waals surface area contributed by atoms with Gasteiger partial charge in [-0.15, -0.1) is 0 Å². The summed E-state index contributed by atoms with van der Waals surface area (Å²) in [6.07, 6.45) is 5.61. The van der Waals surface area contributed by atoms with Crippen LogP contribution < -0.4 is 0 Å². The summed E-state index contributed by atoms with van der Waals surface area (Å²) < 4.78 is 0.975. The number of unbranched alkanes of at least 4 members (excludes halogenated alkanes) is 3. The standard InChI is InChI=1S/C13H28NS/c1-6-7-8-9-10-15(11-12-15)13(2)14(3,4)5/h2,6-12H2,1,3-5H3/q+1. The maximum Gasteiger partial charge on any atom is 0.141 e. The van der Waals surface area contributed by atoms with Crippen LogP contribution in [0, 0.1) is 0 Å². The van der Waals surface area contributed by atoms with Gasteiger partial charge in [-0.1, -0.05) is 26.2 Å². The molecule has 1 saturated heterocycles. The molecular weight excluding hydrogens is 202 g/mol. The number of hydrogen-bond donors (Lipinski definition) is 0. The molecule has 90 valence electrons. The molecule has 1 rings (SSSR count). The SMILES string of the molecule is C=C([N+](C)(C)C)S1(CCCCCC)CC1. The second-order valence-corrected chi connectivity index (χ2v) is 9.41. The van der Waals surface area contributed by atoms with Crippen molar-refractivity contribution in [3.63, 3.8) is 0 Å². The molecule has 0 aromatic rings. The molecule has 15 heavy (non-hydrogen) atoms. The van der Waals surface area contributed by atoms with Gasteiger partial charge in [0.1, 0.15) is 5.03 Å². The zero-order valence-corrected chi connectivity index (χ0v) is 11.8. The molecule has 0 N–H and O–H groups in total. The van der Waals surface area contributed by atoms with E-state index < -0.39 is 0 Å². The Morgan fingerprint density at radius 3 is 2.13 bits per heavy atom. The van der Waals surface area contributed by atoms with Gasteiger partial charge >= 0.3 is 0 Å². The van der Waals surface area contributed by atoms with E-state index in [4.69, 9.17) is 0 Å². The number of rotatable bonds is 7. The zero-order valence-electron chi connectivity index (χ0n) is 11.0. The number of nitrogens with zero attached hydrogens (tertiary/aromatic N) is 1. The molecule has 1 heterocycles. The van der Waals surface area contributed by atoms with Gasteiger partial charge in [0.25, 0.3) is 0 Å². The predicted octanol–water partition coefficient (Wildman–Crippen LogP) is 3.56. The van der Waals surface area contributed by atoms with Crippen LogP contribution in [0.3, 0.4) is 0 Å². The molecule has 1 nitrogen and oxygen atoms in total. The Hall–Kier alpha value is 0.0500. The molecule has 0 aromatic heterocycles. The second kappa shape index (κ2) is 4.92. The van der Waals surface area contributed by atoms with Crippen LogP contribution in [-0.4, -0.2) is 42.9 Å². The Bertz CT molecular complexity index is 223. The Morgan fingerprint density at radius 2 is 1.73 bits per heavy atom. The maximum absolute atomic E-state index is 4.37. The first kappa shape index (κ1) is 13.1. The Balaban J connectivity index is 2.37. The Kier molecular flexibility index (Phi) is 4.30. The van der Waals surface area contributed by atoms with Gasteiger partial charge in [-0.2, -0.15) is 10.0 Å². The van der Waals surface area contributed by atoms with Gasteiger partial charge < -0.3 is 0 Å². The molecule has 1 aliphatic heterocycles. The first-order chi connectivity index (χ1) is 6.92. The lowest BCUT2D eigenvalue weighted by Gasteiger charge is -2.33. The fraction of sp³-hybridized carbons (Fsp3) is 0.846. The highest BCUT2D eigenvalue weighted by Crippen LogP contribution is 2.68. The third-order valence-corrected chi connectivity index (χ3v) is 7.34. The molecular formula is C13H28NS+. The van der Waals surface area contributed by atoms with Gasteiger partial charge in [-0.05, 0) is 30.3 Å². The van der Waals surface area contributed by atoms with E-state index in [0.29, 0.717) is 0 Å². The van der Waals surface area contributed by atoms with Crippen molar-refractivity contribution in [1.82, 2.24) is 0 Å². The van der Waals surface area contributed by atoms with Crippen LogP contribution in [0.1, 0.15) is 32.6 Å². The summed E-state index contributed by atoms with van der Waals surface area (Å²) in [4.78, 5) is 0. The largest absolute Gasteiger partial charge is 0.295 e. The van der Waals surface area contributed by atoms with Crippen LogP contribution in [0.15, 0.2) is 11.6 Å². The highest BCUT2D eigenvalue weighted by Gasteiger charge is 2.44. The van der Waals surface area contributed by atoms with Crippen molar-refractivity contribution < 1.29 is 4.48 Å². The van der Waals surface area contributed by atoms with Crippen molar-refractivity contribution in [3.8, 4) is 0 Å². The normalized spacial score (nSPS) is 21.1. The number of hydrogen-bond acceptors (Lipinski definition) is 0. The second-order valence-electron chi connectivity index (χ2n) is 5.62. The average molecular weight is 230 g/mol. The lowest BCUT2D eigenvalue weighted by molar-refractivity contribution is -0.822. The molecule has 0 aliphatic carbocycles. The van der Waals surface area contributed by atoms with E-state index in [-0.39, 0.29) is 10.0 Å². The third-order valence-electron chi connectivity index (χ3n) is 3.33. The molecule has 0 saturated carbocycles. The van der Waals surface area contributed by atoms with Gasteiger partial charge in [0.2, 0.25) is 0 Å². The zero-order chi connectivity index (χ0) is 11.5. The van der Waals surface area contributed by atoms with Crippen molar-refractivity contribution in [2.45, 2.75) is 32.6 Å². The van der Waals surface area contributed by atoms with Crippen LogP contribution in [-0.2, 0) is 0 Å². The van der Waals surface area contributed by atoms with Gasteiger partial charge in [0.15, 0.2) is 0 Å². The van der Waals surface area contributed by atoms with E-state index in [1.165, 1.54) is 48.0 Å². The van der Waals surface area contributed by atoms with Gasteiger partial charge in [0, 0.05) is 0 Å². The van der Waals surface area contributed by atoms with Crippen LogP contribution in [0.5, 0.6) is 0 Å². The Labute approximate surface area is 97.5 Å². The fourth-order valence-corrected chi connectivity index (χ4v) is 5.88. The van der Waals surface area contributed by atoms with Crippen LogP contribution in [0.4, 0.5) is 0 Å². The molecule has 0 radical (unpaired) electrons. The highest BCUT2D eigenvalue weighted by molar-refractivity contribution is 8.42. The average Bonchev–Trinajstić information content (AvgIpc) is 2.91. The van der Waals surface area contributed by atoms with Crippen LogP contribution in [0.2, 0.25) is 0 Å². The minimum Gasteiger partial charge on any atom is -0.295 e. The molecule has 2 heteroatoms. The summed E-state index contributed by atoms with van der Waals surface area (Å²) in [7, 11) is 6.43. The monoisotopic (exact) mass is 230 g/mol. The molecule has 0 unspecified atom stereocenters. The molecule has 1 fully saturated rings. The topological polar surface area (TPSA) is 0 Å². The van der Waals surface area contributed by atoms with Crippen molar-refractivity contribution in [2.24, 2.45) is 0 Å². The summed E-state index contributed by atoms with van der Waals surface area (Å²) in [5.74, 6) is 4.39. The van der Waals surface area contributed by atoms with Gasteiger partial charge in [-0.25, -0.2) is 0 Å². The van der Waals surface area contributed by atoms with E-state index in [0.717, 1.165) is 4.48 Å². The van der Waals surface area contributed by atoms with Crippen molar-refractivity contribution >= 4 is 10.0 Å². The quantitative estimate of drug-likeness (QED) is 0.356. The van der Waals surface area contributed by atoms with E-state index in [9.17, 15) is 0 Å². The van der Waals surface area contributed by atoms with E-state index >= 15 is 0 Å². The van der Waals surface area contributed by atoms with Crippen LogP contribution >= 0.6 is 10.0 Å². The summed E-state index contributed by atoms with van der Waals surface area (Å²) in [5, 5.41) is 1.53. The van der Waals surface area contributed by atoms with Crippen molar-refractivity contribution in [1.29, 1.82) is 0 Å². The van der Waals surface area contributed by atoms with E-state index in [1.807, 2.05) is 0 Å². The summed E-state index contributed by atoms with van der Waals surface area (Å²) in [6.45, 7) is 6.65. The summed E-state index contributed by atoms with van der Waals surface area (Å²) >= 11 is 0. The van der Waals surface area contributed by atoms with Gasteiger partial charge in [0.05, 0.1) is 21.1 Å². The smallest absolute Gasteiger partial charge is 0.141 e. The van der Waals surface area contributed by atoms with Crippen LogP contribution in [0.25, 0.3) is 0 Å². The number of quaternary nitrogens is 1. The first-order valence-corrected chi connectivity index (χ1v) is 8.34. The third kappa shape index (κ3) is 3.53. The predicted molar refractivity (Wildman–Crippen MR) is 73.5 cm³/mol. The molecule has 0 bridgehead atoms. The lowest BCUT2D eigenvalue weighted by atomic mass is 10.2. The first-order valence-electron chi connectivity index (χ1n) is 6.20. The maximum atomic E-state index is 4.37. The molecule has 1 aliphatic rings. The summed E-state index contributed by atoms with van der Waals surface area (Å²) in [6, 6.07) is 0. The summed E-state index contributed by atoms with van der Waals surface area (Å²) in [5.41, 5.74) is 0. The fourth-order valence-electron chi connectivity index (χ4n) is 2.04. The Morgan fingerprint density at radius 1 is 1.13 bits per heavy atom. The molecule has 0 amide bonds.